The molecule has 0 unspecified atom stereocenters. The van der Waals surface area contributed by atoms with Gasteiger partial charge >= 0.3 is 5.97 Å². The SMILES string of the molecule is Cc1nc(-c2c(C)cccc2C)c(C(=O)O)s1. The lowest BCUT2D eigenvalue weighted by molar-refractivity contribution is 0.0702. The summed E-state index contributed by atoms with van der Waals surface area (Å²) in [6.07, 6.45) is 0. The second-order valence-corrected chi connectivity index (χ2v) is 5.19. The molecule has 1 heterocycles. The van der Waals surface area contributed by atoms with Gasteiger partial charge in [-0.05, 0) is 31.9 Å². The molecular weight excluding hydrogens is 234 g/mol. The molecule has 0 aliphatic rings. The fourth-order valence-electron chi connectivity index (χ4n) is 1.93. The van der Waals surface area contributed by atoms with Crippen LogP contribution in [0.1, 0.15) is 25.8 Å². The summed E-state index contributed by atoms with van der Waals surface area (Å²) in [7, 11) is 0. The lowest BCUT2D eigenvalue weighted by Crippen LogP contribution is -1.98. The molecule has 1 aromatic carbocycles. The van der Waals surface area contributed by atoms with Crippen molar-refractivity contribution in [2.45, 2.75) is 20.8 Å². The summed E-state index contributed by atoms with van der Waals surface area (Å²) in [5.41, 5.74) is 3.64. The summed E-state index contributed by atoms with van der Waals surface area (Å²) < 4.78 is 0. The number of aromatic carboxylic acids is 1. The van der Waals surface area contributed by atoms with Crippen molar-refractivity contribution in [2.75, 3.05) is 0 Å². The van der Waals surface area contributed by atoms with E-state index in [0.29, 0.717) is 10.6 Å². The zero-order valence-electron chi connectivity index (χ0n) is 9.94. The Morgan fingerprint density at radius 2 is 1.82 bits per heavy atom. The third-order valence-electron chi connectivity index (χ3n) is 2.65. The van der Waals surface area contributed by atoms with Gasteiger partial charge in [0.2, 0.25) is 0 Å². The number of benzene rings is 1. The third-order valence-corrected chi connectivity index (χ3v) is 3.61. The monoisotopic (exact) mass is 247 g/mol. The van der Waals surface area contributed by atoms with Crippen molar-refractivity contribution >= 4 is 17.3 Å². The van der Waals surface area contributed by atoms with E-state index in [1.165, 1.54) is 11.3 Å². The molecule has 0 bridgehead atoms. The normalized spacial score (nSPS) is 10.5. The first kappa shape index (κ1) is 11.8. The van der Waals surface area contributed by atoms with Crippen LogP contribution in [0.4, 0.5) is 0 Å². The summed E-state index contributed by atoms with van der Waals surface area (Å²) in [5.74, 6) is -0.909. The average molecular weight is 247 g/mol. The van der Waals surface area contributed by atoms with Gasteiger partial charge in [0.1, 0.15) is 4.88 Å². The molecule has 0 atom stereocenters. The highest BCUT2D eigenvalue weighted by molar-refractivity contribution is 7.14. The predicted octanol–water partition coefficient (Wildman–Crippen LogP) is 3.43. The maximum absolute atomic E-state index is 11.2. The van der Waals surface area contributed by atoms with E-state index in [1.807, 2.05) is 39.0 Å². The molecule has 1 aromatic heterocycles. The highest BCUT2D eigenvalue weighted by Gasteiger charge is 2.19. The van der Waals surface area contributed by atoms with Gasteiger partial charge in [-0.25, -0.2) is 9.78 Å². The first-order valence-electron chi connectivity index (χ1n) is 5.28. The van der Waals surface area contributed by atoms with Crippen molar-refractivity contribution in [1.29, 1.82) is 0 Å². The molecule has 2 rings (SSSR count). The van der Waals surface area contributed by atoms with E-state index >= 15 is 0 Å². The molecule has 17 heavy (non-hydrogen) atoms. The van der Waals surface area contributed by atoms with Crippen LogP contribution >= 0.6 is 11.3 Å². The van der Waals surface area contributed by atoms with Crippen LogP contribution in [-0.2, 0) is 0 Å². The van der Waals surface area contributed by atoms with Crippen LogP contribution in [0.5, 0.6) is 0 Å². The number of thiazole rings is 1. The second kappa shape index (κ2) is 4.30. The van der Waals surface area contributed by atoms with Crippen LogP contribution in [0.25, 0.3) is 11.3 Å². The zero-order valence-corrected chi connectivity index (χ0v) is 10.8. The highest BCUT2D eigenvalue weighted by Crippen LogP contribution is 2.32. The van der Waals surface area contributed by atoms with Gasteiger partial charge in [0.25, 0.3) is 0 Å². The van der Waals surface area contributed by atoms with Crippen molar-refractivity contribution in [3.8, 4) is 11.3 Å². The van der Waals surface area contributed by atoms with Crippen molar-refractivity contribution in [3.05, 3.63) is 39.2 Å². The van der Waals surface area contributed by atoms with E-state index in [-0.39, 0.29) is 0 Å². The minimum absolute atomic E-state index is 0.319. The Kier molecular flexibility index (Phi) is 2.98. The second-order valence-electron chi connectivity index (χ2n) is 3.98. The van der Waals surface area contributed by atoms with E-state index in [0.717, 1.165) is 21.7 Å². The maximum atomic E-state index is 11.2. The van der Waals surface area contributed by atoms with Gasteiger partial charge in [0.15, 0.2) is 0 Å². The number of carbonyl (C=O) groups is 1. The molecule has 0 aliphatic heterocycles. The van der Waals surface area contributed by atoms with Gasteiger partial charge in [-0.2, -0.15) is 0 Å². The van der Waals surface area contributed by atoms with Crippen molar-refractivity contribution < 1.29 is 9.90 Å². The van der Waals surface area contributed by atoms with Crippen LogP contribution < -0.4 is 0 Å². The number of hydrogen-bond donors (Lipinski definition) is 1. The topological polar surface area (TPSA) is 50.2 Å². The Hall–Kier alpha value is -1.68. The molecule has 88 valence electrons. The molecule has 2 aromatic rings. The maximum Gasteiger partial charge on any atom is 0.348 e. The summed E-state index contributed by atoms with van der Waals surface area (Å²) in [6, 6.07) is 5.92. The number of nitrogens with zero attached hydrogens (tertiary/aromatic N) is 1. The van der Waals surface area contributed by atoms with Crippen LogP contribution in [0.2, 0.25) is 0 Å². The average Bonchev–Trinajstić information content (AvgIpc) is 2.60. The lowest BCUT2D eigenvalue weighted by atomic mass is 9.99. The standard InChI is InChI=1S/C13H13NO2S/c1-7-5-4-6-8(2)10(7)11-12(13(15)16)17-9(3)14-11/h4-6H,1-3H3,(H,15,16). The summed E-state index contributed by atoms with van der Waals surface area (Å²) in [4.78, 5) is 15.9. The summed E-state index contributed by atoms with van der Waals surface area (Å²) in [6.45, 7) is 5.78. The van der Waals surface area contributed by atoms with Crippen molar-refractivity contribution in [2.24, 2.45) is 0 Å². The fraction of sp³-hybridized carbons (Fsp3) is 0.231. The Bertz CT molecular complexity index is 567. The van der Waals surface area contributed by atoms with E-state index in [1.54, 1.807) is 0 Å². The quantitative estimate of drug-likeness (QED) is 0.884. The van der Waals surface area contributed by atoms with E-state index in [9.17, 15) is 9.90 Å². The molecule has 0 spiro atoms. The summed E-state index contributed by atoms with van der Waals surface area (Å²) >= 11 is 1.22. The van der Waals surface area contributed by atoms with Gasteiger partial charge in [0.05, 0.1) is 10.7 Å². The van der Waals surface area contributed by atoms with E-state index in [2.05, 4.69) is 4.98 Å². The Balaban J connectivity index is 2.72. The largest absolute Gasteiger partial charge is 0.477 e. The first-order chi connectivity index (χ1) is 8.00. The molecule has 0 fully saturated rings. The molecule has 3 nitrogen and oxygen atoms in total. The Labute approximate surface area is 104 Å². The molecule has 0 amide bonds. The van der Waals surface area contributed by atoms with Gasteiger partial charge in [0, 0.05) is 5.56 Å². The molecule has 0 saturated heterocycles. The van der Waals surface area contributed by atoms with Crippen LogP contribution in [-0.4, -0.2) is 16.1 Å². The molecular formula is C13H13NO2S. The highest BCUT2D eigenvalue weighted by atomic mass is 32.1. The van der Waals surface area contributed by atoms with Crippen LogP contribution in [0.3, 0.4) is 0 Å². The predicted molar refractivity (Wildman–Crippen MR) is 68.7 cm³/mol. The van der Waals surface area contributed by atoms with Gasteiger partial charge in [-0.3, -0.25) is 0 Å². The summed E-state index contributed by atoms with van der Waals surface area (Å²) in [5, 5.41) is 9.97. The van der Waals surface area contributed by atoms with Crippen LogP contribution in [0, 0.1) is 20.8 Å². The number of aromatic nitrogens is 1. The fourth-order valence-corrected chi connectivity index (χ4v) is 2.69. The van der Waals surface area contributed by atoms with Crippen LogP contribution in [0.15, 0.2) is 18.2 Å². The number of carboxylic acid groups (broad SMARTS) is 1. The molecule has 0 saturated carbocycles. The molecule has 1 N–H and O–H groups in total. The first-order valence-corrected chi connectivity index (χ1v) is 6.09. The van der Waals surface area contributed by atoms with Gasteiger partial charge in [-0.1, -0.05) is 18.2 Å². The number of hydrogen-bond acceptors (Lipinski definition) is 3. The molecule has 4 heteroatoms. The Morgan fingerprint density at radius 1 is 1.24 bits per heavy atom. The number of rotatable bonds is 2. The van der Waals surface area contributed by atoms with Gasteiger partial charge < -0.3 is 5.11 Å². The third kappa shape index (κ3) is 2.08. The number of aryl methyl sites for hydroxylation is 3. The molecule has 0 aliphatic carbocycles. The van der Waals surface area contributed by atoms with E-state index < -0.39 is 5.97 Å². The minimum atomic E-state index is -0.909. The van der Waals surface area contributed by atoms with E-state index in [4.69, 9.17) is 0 Å². The number of carboxylic acids is 1. The van der Waals surface area contributed by atoms with Crippen molar-refractivity contribution in [1.82, 2.24) is 4.98 Å². The lowest BCUT2D eigenvalue weighted by Gasteiger charge is -2.07. The zero-order chi connectivity index (χ0) is 12.6. The Morgan fingerprint density at radius 3 is 2.35 bits per heavy atom. The van der Waals surface area contributed by atoms with Gasteiger partial charge in [-0.15, -0.1) is 11.3 Å². The van der Waals surface area contributed by atoms with Crippen molar-refractivity contribution in [3.63, 3.8) is 0 Å². The molecule has 0 radical (unpaired) electrons. The smallest absolute Gasteiger partial charge is 0.348 e. The minimum Gasteiger partial charge on any atom is -0.477 e.